The van der Waals surface area contributed by atoms with E-state index in [2.05, 4.69) is 4.98 Å². The summed E-state index contributed by atoms with van der Waals surface area (Å²) in [7, 11) is 0. The number of aromatic amines is 1. The molecule has 2 rings (SSSR count). The van der Waals surface area contributed by atoms with Crippen LogP contribution in [0.5, 0.6) is 0 Å². The molecule has 0 atom stereocenters. The maximum absolute atomic E-state index is 12.2. The number of pyridine rings is 1. The lowest BCUT2D eigenvalue weighted by Gasteiger charge is -2.39. The third-order valence-electron chi connectivity index (χ3n) is 2.63. The van der Waals surface area contributed by atoms with Gasteiger partial charge in [-0.05, 0) is 6.07 Å². The normalized spacial score (nSPS) is 16.8. The molecule has 1 saturated heterocycles. The highest BCUT2D eigenvalue weighted by Crippen LogP contribution is 2.33. The van der Waals surface area contributed by atoms with Gasteiger partial charge in [-0.3, -0.25) is 9.59 Å². The zero-order chi connectivity index (χ0) is 12.6. The van der Waals surface area contributed by atoms with Gasteiger partial charge in [0.25, 0.3) is 5.91 Å². The van der Waals surface area contributed by atoms with Crippen molar-refractivity contribution in [2.75, 3.05) is 13.1 Å². The Bertz CT molecular complexity index is 489. The third-order valence-corrected chi connectivity index (χ3v) is 2.63. The van der Waals surface area contributed by atoms with E-state index in [1.54, 1.807) is 0 Å². The molecule has 0 radical (unpaired) electrons. The van der Waals surface area contributed by atoms with Crippen molar-refractivity contribution in [3.05, 3.63) is 34.2 Å². The van der Waals surface area contributed by atoms with Crippen LogP contribution in [-0.2, 0) is 0 Å². The van der Waals surface area contributed by atoms with Crippen LogP contribution in [0.3, 0.4) is 0 Å². The van der Waals surface area contributed by atoms with Crippen LogP contribution < -0.4 is 5.56 Å². The number of likely N-dealkylation sites (tertiary alicyclic amines) is 1. The van der Waals surface area contributed by atoms with Gasteiger partial charge in [0.05, 0.1) is 5.92 Å². The van der Waals surface area contributed by atoms with Crippen LogP contribution in [-0.4, -0.2) is 35.1 Å². The van der Waals surface area contributed by atoms with Crippen LogP contribution >= 0.6 is 0 Å². The summed E-state index contributed by atoms with van der Waals surface area (Å²) in [4.78, 5) is 25.9. The van der Waals surface area contributed by atoms with E-state index in [-0.39, 0.29) is 18.8 Å². The molecule has 4 nitrogen and oxygen atoms in total. The van der Waals surface area contributed by atoms with Crippen molar-refractivity contribution in [3.63, 3.8) is 0 Å². The summed E-state index contributed by atoms with van der Waals surface area (Å²) in [6.07, 6.45) is -4.26. The number of halogens is 3. The molecule has 0 aromatic carbocycles. The summed E-state index contributed by atoms with van der Waals surface area (Å²) >= 11 is 0. The lowest BCUT2D eigenvalue weighted by Crippen LogP contribution is -2.55. The van der Waals surface area contributed by atoms with Crippen molar-refractivity contribution >= 4 is 5.91 Å². The van der Waals surface area contributed by atoms with Gasteiger partial charge in [0.15, 0.2) is 0 Å². The highest BCUT2D eigenvalue weighted by atomic mass is 19.4. The molecular weight excluding hydrogens is 237 g/mol. The number of alkyl halides is 3. The van der Waals surface area contributed by atoms with Gasteiger partial charge in [0, 0.05) is 19.2 Å². The highest BCUT2D eigenvalue weighted by molar-refractivity contribution is 5.92. The van der Waals surface area contributed by atoms with Crippen molar-refractivity contribution in [1.82, 2.24) is 9.88 Å². The Morgan fingerprint density at radius 1 is 1.35 bits per heavy atom. The van der Waals surface area contributed by atoms with Crippen molar-refractivity contribution in [3.8, 4) is 0 Å². The van der Waals surface area contributed by atoms with Gasteiger partial charge in [0.1, 0.15) is 5.69 Å². The molecule has 1 aliphatic rings. The number of hydrogen-bond acceptors (Lipinski definition) is 2. The number of carbonyl (C=O) groups excluding carboxylic acids is 1. The first-order chi connectivity index (χ1) is 7.88. The van der Waals surface area contributed by atoms with Crippen LogP contribution in [0, 0.1) is 5.92 Å². The molecule has 1 aromatic rings. The molecule has 1 amide bonds. The Labute approximate surface area is 94.0 Å². The summed E-state index contributed by atoms with van der Waals surface area (Å²) in [6.45, 7) is -0.696. The predicted molar refractivity (Wildman–Crippen MR) is 52.5 cm³/mol. The summed E-state index contributed by atoms with van der Waals surface area (Å²) in [5.74, 6) is -2.04. The monoisotopic (exact) mass is 246 g/mol. The van der Waals surface area contributed by atoms with E-state index >= 15 is 0 Å². The molecule has 0 bridgehead atoms. The number of aromatic nitrogens is 1. The molecule has 1 aromatic heterocycles. The highest BCUT2D eigenvalue weighted by Gasteiger charge is 2.48. The largest absolute Gasteiger partial charge is 0.395 e. The van der Waals surface area contributed by atoms with Crippen molar-refractivity contribution < 1.29 is 18.0 Å². The second-order valence-electron chi connectivity index (χ2n) is 3.88. The SMILES string of the molecule is O=C(c1cccc(=O)[nH]1)N1CC(C(F)(F)F)C1. The Hall–Kier alpha value is -1.79. The van der Waals surface area contributed by atoms with Crippen molar-refractivity contribution in [2.24, 2.45) is 5.92 Å². The fraction of sp³-hybridized carbons (Fsp3) is 0.400. The quantitative estimate of drug-likeness (QED) is 0.804. The number of nitrogens with one attached hydrogen (secondary N) is 1. The molecule has 2 heterocycles. The first kappa shape index (κ1) is 11.7. The maximum atomic E-state index is 12.2. The molecule has 0 saturated carbocycles. The molecular formula is C10H9F3N2O2. The summed E-state index contributed by atoms with van der Waals surface area (Å²) in [5, 5.41) is 0. The number of H-pyrrole nitrogens is 1. The number of rotatable bonds is 1. The van der Waals surface area contributed by atoms with Gasteiger partial charge in [-0.15, -0.1) is 0 Å². The molecule has 0 unspecified atom stereocenters. The van der Waals surface area contributed by atoms with Crippen LogP contribution in [0.1, 0.15) is 10.5 Å². The predicted octanol–water partition coefficient (Wildman–Crippen LogP) is 1.01. The van der Waals surface area contributed by atoms with Crippen LogP contribution in [0.2, 0.25) is 0 Å². The average molecular weight is 246 g/mol. The second-order valence-corrected chi connectivity index (χ2v) is 3.88. The van der Waals surface area contributed by atoms with Gasteiger partial charge < -0.3 is 9.88 Å². The van der Waals surface area contributed by atoms with Crippen LogP contribution in [0.4, 0.5) is 13.2 Å². The molecule has 17 heavy (non-hydrogen) atoms. The van der Waals surface area contributed by atoms with E-state index < -0.39 is 23.6 Å². The Morgan fingerprint density at radius 2 is 2.00 bits per heavy atom. The lowest BCUT2D eigenvalue weighted by atomic mass is 9.99. The van der Waals surface area contributed by atoms with Crippen molar-refractivity contribution in [1.29, 1.82) is 0 Å². The van der Waals surface area contributed by atoms with Gasteiger partial charge >= 0.3 is 6.18 Å². The summed E-state index contributed by atoms with van der Waals surface area (Å²) in [6, 6.07) is 3.98. The average Bonchev–Trinajstić information content (AvgIpc) is 2.12. The fourth-order valence-corrected chi connectivity index (χ4v) is 1.59. The Morgan fingerprint density at radius 3 is 2.53 bits per heavy atom. The number of hydrogen-bond donors (Lipinski definition) is 1. The molecule has 1 fully saturated rings. The number of amides is 1. The standard InChI is InChI=1S/C10H9F3N2O2/c11-10(12,13)6-4-15(5-6)9(17)7-2-1-3-8(16)14-7/h1-3,6H,4-5H2,(H,14,16). The van der Waals surface area contributed by atoms with E-state index in [1.165, 1.54) is 18.2 Å². The lowest BCUT2D eigenvalue weighted by molar-refractivity contribution is -0.202. The Kier molecular flexibility index (Phi) is 2.68. The minimum Gasteiger partial charge on any atom is -0.336 e. The zero-order valence-corrected chi connectivity index (χ0v) is 8.62. The molecule has 0 aliphatic carbocycles. The van der Waals surface area contributed by atoms with Gasteiger partial charge in [-0.1, -0.05) is 6.07 Å². The van der Waals surface area contributed by atoms with Crippen LogP contribution in [0.25, 0.3) is 0 Å². The molecule has 0 spiro atoms. The Balaban J connectivity index is 2.03. The topological polar surface area (TPSA) is 53.2 Å². The maximum Gasteiger partial charge on any atom is 0.395 e. The summed E-state index contributed by atoms with van der Waals surface area (Å²) < 4.78 is 36.6. The first-order valence-electron chi connectivity index (χ1n) is 4.93. The van der Waals surface area contributed by atoms with E-state index in [4.69, 9.17) is 0 Å². The van der Waals surface area contributed by atoms with E-state index in [1.807, 2.05) is 0 Å². The molecule has 92 valence electrons. The van der Waals surface area contributed by atoms with E-state index in [9.17, 15) is 22.8 Å². The number of carbonyl (C=O) groups is 1. The molecule has 1 N–H and O–H groups in total. The van der Waals surface area contributed by atoms with E-state index in [0.29, 0.717) is 0 Å². The van der Waals surface area contributed by atoms with Gasteiger partial charge in [-0.2, -0.15) is 13.2 Å². The minimum absolute atomic E-state index is 0.0122. The fourth-order valence-electron chi connectivity index (χ4n) is 1.59. The van der Waals surface area contributed by atoms with E-state index in [0.717, 1.165) is 4.90 Å². The zero-order valence-electron chi connectivity index (χ0n) is 8.62. The third kappa shape index (κ3) is 2.32. The smallest absolute Gasteiger partial charge is 0.336 e. The number of nitrogens with zero attached hydrogens (tertiary/aromatic N) is 1. The molecule has 7 heteroatoms. The molecule has 1 aliphatic heterocycles. The van der Waals surface area contributed by atoms with Crippen molar-refractivity contribution in [2.45, 2.75) is 6.18 Å². The summed E-state index contributed by atoms with van der Waals surface area (Å²) in [5.41, 5.74) is -0.443. The minimum atomic E-state index is -4.26. The van der Waals surface area contributed by atoms with Gasteiger partial charge in [-0.25, -0.2) is 0 Å². The first-order valence-corrected chi connectivity index (χ1v) is 4.93. The second kappa shape index (κ2) is 3.90. The van der Waals surface area contributed by atoms with Gasteiger partial charge in [0.2, 0.25) is 5.56 Å². The van der Waals surface area contributed by atoms with Crippen LogP contribution in [0.15, 0.2) is 23.0 Å².